The van der Waals surface area contributed by atoms with Crippen molar-refractivity contribution in [2.75, 3.05) is 12.4 Å². The summed E-state index contributed by atoms with van der Waals surface area (Å²) >= 11 is 1.56. The number of aromatic nitrogens is 3. The number of carbonyl (C=O) groups excluding carboxylic acids is 2. The lowest BCUT2D eigenvalue weighted by Gasteiger charge is -2.14. The Labute approximate surface area is 216 Å². The Bertz CT molecular complexity index is 1700. The van der Waals surface area contributed by atoms with Crippen molar-refractivity contribution in [3.05, 3.63) is 95.3 Å². The molecule has 0 saturated carbocycles. The zero-order valence-electron chi connectivity index (χ0n) is 20.0. The number of imidazole rings is 1. The van der Waals surface area contributed by atoms with Crippen LogP contribution in [0.4, 0.5) is 11.4 Å². The van der Waals surface area contributed by atoms with Gasteiger partial charge < -0.3 is 14.6 Å². The molecule has 9 heteroatoms. The summed E-state index contributed by atoms with van der Waals surface area (Å²) in [4.78, 5) is 39.2. The molecular formula is C28H21N5O3S. The second-order valence-electron chi connectivity index (χ2n) is 8.66. The van der Waals surface area contributed by atoms with Gasteiger partial charge in [-0.05, 0) is 59.7 Å². The maximum Gasteiger partial charge on any atom is 0.337 e. The number of rotatable bonds is 5. The van der Waals surface area contributed by atoms with E-state index in [4.69, 9.17) is 9.73 Å². The van der Waals surface area contributed by atoms with Gasteiger partial charge >= 0.3 is 5.97 Å². The van der Waals surface area contributed by atoms with Gasteiger partial charge in [-0.3, -0.25) is 9.79 Å². The molecule has 0 saturated heterocycles. The van der Waals surface area contributed by atoms with Gasteiger partial charge in [-0.25, -0.2) is 14.8 Å². The van der Waals surface area contributed by atoms with E-state index in [1.54, 1.807) is 41.2 Å². The summed E-state index contributed by atoms with van der Waals surface area (Å²) in [5.41, 5.74) is 7.42. The standard InChI is InChI=1S/C28H21N5O3S/c1-33-12-11-29-26(33)16-3-7-19(8-4-16)31-25(17-6-10-23-22(13-17)30-15-37-23)24-20-9-5-18(28(35)36-2)14-21(20)32-27(24)34/h3-15,24H,1-2H3,(H,32,34). The van der Waals surface area contributed by atoms with Gasteiger partial charge in [0.2, 0.25) is 5.91 Å². The number of esters is 1. The Morgan fingerprint density at radius 1 is 1.05 bits per heavy atom. The average molecular weight is 508 g/mol. The van der Waals surface area contributed by atoms with Crippen LogP contribution in [0.15, 0.2) is 83.6 Å². The lowest BCUT2D eigenvalue weighted by Crippen LogP contribution is -2.22. The molecule has 1 aliphatic heterocycles. The first-order valence-electron chi connectivity index (χ1n) is 11.5. The molecule has 1 N–H and O–H groups in total. The fourth-order valence-electron chi connectivity index (χ4n) is 4.56. The number of aliphatic imine (C=N–C) groups is 1. The Balaban J connectivity index is 1.46. The number of amides is 1. The minimum atomic E-state index is -0.660. The zero-order valence-corrected chi connectivity index (χ0v) is 20.8. The SMILES string of the molecule is COC(=O)c1ccc2c(c1)NC(=O)C2C(=Nc1ccc(-c2nccn2C)cc1)c1ccc2scnc2c1. The lowest BCUT2D eigenvalue weighted by atomic mass is 9.90. The molecule has 0 radical (unpaired) electrons. The molecule has 37 heavy (non-hydrogen) atoms. The molecule has 0 spiro atoms. The van der Waals surface area contributed by atoms with Gasteiger partial charge in [0, 0.05) is 30.7 Å². The molecule has 5 aromatic rings. The van der Waals surface area contributed by atoms with Crippen LogP contribution in [0, 0.1) is 0 Å². The second-order valence-corrected chi connectivity index (χ2v) is 9.54. The van der Waals surface area contributed by atoms with E-state index in [0.29, 0.717) is 22.6 Å². The van der Waals surface area contributed by atoms with Crippen LogP contribution in [0.25, 0.3) is 21.6 Å². The van der Waals surface area contributed by atoms with Crippen LogP contribution in [0.2, 0.25) is 0 Å². The van der Waals surface area contributed by atoms with Crippen LogP contribution in [-0.2, 0) is 16.6 Å². The predicted molar refractivity (Wildman–Crippen MR) is 144 cm³/mol. The highest BCUT2D eigenvalue weighted by Gasteiger charge is 2.36. The van der Waals surface area contributed by atoms with Crippen LogP contribution in [0.5, 0.6) is 0 Å². The topological polar surface area (TPSA) is 98.5 Å². The second kappa shape index (κ2) is 9.11. The maximum absolute atomic E-state index is 13.3. The summed E-state index contributed by atoms with van der Waals surface area (Å²) < 4.78 is 7.85. The molecule has 0 aliphatic carbocycles. The lowest BCUT2D eigenvalue weighted by molar-refractivity contribution is -0.115. The van der Waals surface area contributed by atoms with Gasteiger partial charge in [0.15, 0.2) is 0 Å². The molecule has 0 bridgehead atoms. The minimum Gasteiger partial charge on any atom is -0.465 e. The maximum atomic E-state index is 13.3. The van der Waals surface area contributed by atoms with E-state index in [-0.39, 0.29) is 5.91 Å². The number of thiazole rings is 1. The van der Waals surface area contributed by atoms with E-state index >= 15 is 0 Å². The first-order chi connectivity index (χ1) is 18.0. The number of aryl methyl sites for hydroxylation is 1. The van der Waals surface area contributed by atoms with E-state index < -0.39 is 11.9 Å². The zero-order chi connectivity index (χ0) is 25.5. The third kappa shape index (κ3) is 4.09. The van der Waals surface area contributed by atoms with E-state index in [1.807, 2.05) is 60.3 Å². The highest BCUT2D eigenvalue weighted by Crippen LogP contribution is 2.38. The Morgan fingerprint density at radius 3 is 2.62 bits per heavy atom. The summed E-state index contributed by atoms with van der Waals surface area (Å²) in [5.74, 6) is -0.475. The third-order valence-electron chi connectivity index (χ3n) is 6.40. The normalized spacial score (nSPS) is 15.0. The Morgan fingerprint density at radius 2 is 1.86 bits per heavy atom. The highest BCUT2D eigenvalue weighted by atomic mass is 32.1. The summed E-state index contributed by atoms with van der Waals surface area (Å²) in [7, 11) is 3.28. The average Bonchev–Trinajstić information content (AvgIpc) is 3.64. The van der Waals surface area contributed by atoms with Gasteiger partial charge in [-0.15, -0.1) is 11.3 Å². The molecule has 1 aliphatic rings. The number of nitrogens with zero attached hydrogens (tertiary/aromatic N) is 4. The van der Waals surface area contributed by atoms with E-state index in [1.165, 1.54) is 7.11 Å². The molecule has 6 rings (SSSR count). The van der Waals surface area contributed by atoms with Crippen LogP contribution in [-0.4, -0.2) is 39.2 Å². The monoisotopic (exact) mass is 507 g/mol. The van der Waals surface area contributed by atoms with Crippen molar-refractivity contribution in [1.82, 2.24) is 14.5 Å². The fraction of sp³-hybridized carbons (Fsp3) is 0.107. The smallest absolute Gasteiger partial charge is 0.337 e. The molecule has 8 nitrogen and oxygen atoms in total. The molecule has 2 aromatic heterocycles. The summed E-state index contributed by atoms with van der Waals surface area (Å²) in [6, 6.07) is 18.8. The Hall–Kier alpha value is -4.63. The van der Waals surface area contributed by atoms with Crippen molar-refractivity contribution >= 4 is 50.5 Å². The number of nitrogens with one attached hydrogen (secondary N) is 1. The number of hydrogen-bond acceptors (Lipinski definition) is 7. The molecule has 1 unspecified atom stereocenters. The molecule has 1 atom stereocenters. The third-order valence-corrected chi connectivity index (χ3v) is 7.21. The number of fused-ring (bicyclic) bond motifs is 2. The number of benzene rings is 3. The van der Waals surface area contributed by atoms with Gasteiger partial charge in [0.1, 0.15) is 11.7 Å². The quantitative estimate of drug-likeness (QED) is 0.256. The van der Waals surface area contributed by atoms with Crippen molar-refractivity contribution in [1.29, 1.82) is 0 Å². The molecule has 0 fully saturated rings. The van der Waals surface area contributed by atoms with Crippen molar-refractivity contribution in [2.45, 2.75) is 5.92 Å². The van der Waals surface area contributed by atoms with Crippen molar-refractivity contribution in [3.63, 3.8) is 0 Å². The van der Waals surface area contributed by atoms with Crippen molar-refractivity contribution in [2.24, 2.45) is 12.0 Å². The van der Waals surface area contributed by atoms with Crippen LogP contribution < -0.4 is 5.32 Å². The number of hydrogen-bond donors (Lipinski definition) is 1. The minimum absolute atomic E-state index is 0.209. The number of anilines is 1. The van der Waals surface area contributed by atoms with Gasteiger partial charge in [-0.1, -0.05) is 12.1 Å². The van der Waals surface area contributed by atoms with E-state index in [2.05, 4.69) is 15.3 Å². The van der Waals surface area contributed by atoms with Crippen LogP contribution in [0.3, 0.4) is 0 Å². The van der Waals surface area contributed by atoms with E-state index in [0.717, 1.165) is 32.7 Å². The first kappa shape index (κ1) is 22.8. The Kier molecular flexibility index (Phi) is 5.61. The summed E-state index contributed by atoms with van der Waals surface area (Å²) in [5, 5.41) is 2.92. The highest BCUT2D eigenvalue weighted by molar-refractivity contribution is 7.16. The van der Waals surface area contributed by atoms with Gasteiger partial charge in [0.05, 0.1) is 39.8 Å². The molecule has 1 amide bonds. The van der Waals surface area contributed by atoms with Crippen LogP contribution >= 0.6 is 11.3 Å². The van der Waals surface area contributed by atoms with Crippen molar-refractivity contribution in [3.8, 4) is 11.4 Å². The van der Waals surface area contributed by atoms with Crippen molar-refractivity contribution < 1.29 is 14.3 Å². The number of carbonyl (C=O) groups is 2. The summed E-state index contributed by atoms with van der Waals surface area (Å²) in [6.07, 6.45) is 3.66. The number of methoxy groups -OCH3 is 1. The van der Waals surface area contributed by atoms with Gasteiger partial charge in [0.25, 0.3) is 0 Å². The molecule has 3 heterocycles. The van der Waals surface area contributed by atoms with Crippen LogP contribution in [0.1, 0.15) is 27.4 Å². The fourth-order valence-corrected chi connectivity index (χ4v) is 5.22. The molecular weight excluding hydrogens is 486 g/mol. The largest absolute Gasteiger partial charge is 0.465 e. The number of ether oxygens (including phenoxy) is 1. The first-order valence-corrected chi connectivity index (χ1v) is 12.4. The summed E-state index contributed by atoms with van der Waals surface area (Å²) in [6.45, 7) is 0. The molecule has 182 valence electrons. The van der Waals surface area contributed by atoms with Gasteiger partial charge in [-0.2, -0.15) is 0 Å². The van der Waals surface area contributed by atoms with E-state index in [9.17, 15) is 9.59 Å². The predicted octanol–water partition coefficient (Wildman–Crippen LogP) is 5.34. The molecule has 3 aromatic carbocycles.